The SMILES string of the molecule is CCN(CC)C(=O)C(CCN)c1cccs1. The van der Waals surface area contributed by atoms with E-state index in [1.807, 2.05) is 36.3 Å². The van der Waals surface area contributed by atoms with Crippen LogP contribution in [-0.2, 0) is 4.79 Å². The first kappa shape index (κ1) is 13.2. The molecule has 1 heterocycles. The summed E-state index contributed by atoms with van der Waals surface area (Å²) in [5.41, 5.74) is 5.59. The minimum Gasteiger partial charge on any atom is -0.343 e. The first-order valence-electron chi connectivity index (χ1n) is 5.76. The topological polar surface area (TPSA) is 46.3 Å². The van der Waals surface area contributed by atoms with Crippen LogP contribution < -0.4 is 5.73 Å². The van der Waals surface area contributed by atoms with Gasteiger partial charge in [0.1, 0.15) is 0 Å². The number of nitrogens with two attached hydrogens (primary N) is 1. The lowest BCUT2D eigenvalue weighted by Gasteiger charge is -2.24. The second-order valence-corrected chi connectivity index (χ2v) is 4.64. The minimum atomic E-state index is -0.0510. The highest BCUT2D eigenvalue weighted by Crippen LogP contribution is 2.26. The zero-order valence-electron chi connectivity index (χ0n) is 9.98. The first-order valence-corrected chi connectivity index (χ1v) is 6.64. The fourth-order valence-electron chi connectivity index (χ4n) is 1.80. The number of carbonyl (C=O) groups is 1. The second-order valence-electron chi connectivity index (χ2n) is 3.66. The summed E-state index contributed by atoms with van der Waals surface area (Å²) in [6.45, 7) is 6.10. The standard InChI is InChI=1S/C12H20N2OS/c1-3-14(4-2)12(15)10(7-8-13)11-6-5-9-16-11/h5-6,9-10H,3-4,7-8,13H2,1-2H3. The average molecular weight is 240 g/mol. The second kappa shape index (κ2) is 6.66. The van der Waals surface area contributed by atoms with Gasteiger partial charge in [-0.15, -0.1) is 11.3 Å². The Morgan fingerprint density at radius 2 is 2.19 bits per heavy atom. The summed E-state index contributed by atoms with van der Waals surface area (Å²) in [4.78, 5) is 15.3. The number of nitrogens with zero attached hydrogens (tertiary/aromatic N) is 1. The largest absolute Gasteiger partial charge is 0.343 e. The summed E-state index contributed by atoms with van der Waals surface area (Å²) in [5.74, 6) is 0.155. The van der Waals surface area contributed by atoms with E-state index in [0.29, 0.717) is 6.54 Å². The number of hydrogen-bond donors (Lipinski definition) is 1. The van der Waals surface area contributed by atoms with Crippen molar-refractivity contribution in [1.29, 1.82) is 0 Å². The summed E-state index contributed by atoms with van der Waals surface area (Å²) >= 11 is 1.63. The summed E-state index contributed by atoms with van der Waals surface area (Å²) in [6.07, 6.45) is 0.732. The molecule has 0 aliphatic carbocycles. The maximum Gasteiger partial charge on any atom is 0.230 e. The molecule has 0 spiro atoms. The number of amides is 1. The predicted octanol–water partition coefficient (Wildman–Crippen LogP) is 2.05. The van der Waals surface area contributed by atoms with Gasteiger partial charge in [0, 0.05) is 18.0 Å². The molecule has 1 amide bonds. The summed E-state index contributed by atoms with van der Waals surface area (Å²) in [5, 5.41) is 2.01. The zero-order chi connectivity index (χ0) is 12.0. The molecule has 4 heteroatoms. The molecule has 0 saturated carbocycles. The van der Waals surface area contributed by atoms with Crippen LogP contribution in [-0.4, -0.2) is 30.4 Å². The van der Waals surface area contributed by atoms with Crippen molar-refractivity contribution in [2.75, 3.05) is 19.6 Å². The molecule has 0 aliphatic heterocycles. The van der Waals surface area contributed by atoms with Gasteiger partial charge in [-0.25, -0.2) is 0 Å². The van der Waals surface area contributed by atoms with Gasteiger partial charge in [-0.05, 0) is 38.3 Å². The number of carbonyl (C=O) groups excluding carboxylic acids is 1. The van der Waals surface area contributed by atoms with Gasteiger partial charge in [0.25, 0.3) is 0 Å². The molecular formula is C12H20N2OS. The van der Waals surface area contributed by atoms with Crippen molar-refractivity contribution in [2.45, 2.75) is 26.2 Å². The fourth-order valence-corrected chi connectivity index (χ4v) is 2.65. The highest BCUT2D eigenvalue weighted by molar-refractivity contribution is 7.10. The third-order valence-corrected chi connectivity index (χ3v) is 3.70. The van der Waals surface area contributed by atoms with Crippen molar-refractivity contribution in [3.8, 4) is 0 Å². The molecule has 0 aliphatic rings. The Bertz CT molecular complexity index is 307. The number of likely N-dealkylation sites (N-methyl/N-ethyl adjacent to an activating group) is 1. The van der Waals surface area contributed by atoms with Crippen molar-refractivity contribution in [2.24, 2.45) is 5.73 Å². The molecule has 1 aromatic heterocycles. The van der Waals surface area contributed by atoms with Crippen LogP contribution in [0.4, 0.5) is 0 Å². The smallest absolute Gasteiger partial charge is 0.230 e. The van der Waals surface area contributed by atoms with Crippen molar-refractivity contribution in [3.63, 3.8) is 0 Å². The predicted molar refractivity (Wildman–Crippen MR) is 68.7 cm³/mol. The fraction of sp³-hybridized carbons (Fsp3) is 0.583. The first-order chi connectivity index (χ1) is 7.74. The van der Waals surface area contributed by atoms with Gasteiger partial charge in [-0.3, -0.25) is 4.79 Å². The maximum absolute atomic E-state index is 12.3. The molecule has 3 nitrogen and oxygen atoms in total. The average Bonchev–Trinajstić information content (AvgIpc) is 2.80. The van der Waals surface area contributed by atoms with Crippen molar-refractivity contribution >= 4 is 17.2 Å². The lowest BCUT2D eigenvalue weighted by Crippen LogP contribution is -2.35. The molecule has 16 heavy (non-hydrogen) atoms. The van der Waals surface area contributed by atoms with E-state index < -0.39 is 0 Å². The number of rotatable bonds is 6. The van der Waals surface area contributed by atoms with Crippen LogP contribution in [0.2, 0.25) is 0 Å². The number of thiophene rings is 1. The van der Waals surface area contributed by atoms with Crippen molar-refractivity contribution in [3.05, 3.63) is 22.4 Å². The molecule has 1 rings (SSSR count). The summed E-state index contributed by atoms with van der Waals surface area (Å²) < 4.78 is 0. The molecule has 1 unspecified atom stereocenters. The van der Waals surface area contributed by atoms with Crippen LogP contribution in [0.3, 0.4) is 0 Å². The lowest BCUT2D eigenvalue weighted by atomic mass is 10.0. The molecule has 2 N–H and O–H groups in total. The van der Waals surface area contributed by atoms with Crippen LogP contribution in [0, 0.1) is 0 Å². The summed E-state index contributed by atoms with van der Waals surface area (Å²) in [6, 6.07) is 4.01. The van der Waals surface area contributed by atoms with Crippen LogP contribution in [0.1, 0.15) is 31.1 Å². The van der Waals surface area contributed by atoms with Crippen LogP contribution in [0.15, 0.2) is 17.5 Å². The van der Waals surface area contributed by atoms with E-state index in [1.54, 1.807) is 11.3 Å². The lowest BCUT2D eigenvalue weighted by molar-refractivity contribution is -0.132. The van der Waals surface area contributed by atoms with Gasteiger partial charge in [0.05, 0.1) is 5.92 Å². The molecule has 1 atom stereocenters. The summed E-state index contributed by atoms with van der Waals surface area (Å²) in [7, 11) is 0. The van der Waals surface area contributed by atoms with Gasteiger partial charge in [0.15, 0.2) is 0 Å². The Balaban J connectivity index is 2.81. The van der Waals surface area contributed by atoms with Gasteiger partial charge < -0.3 is 10.6 Å². The molecule has 1 aromatic rings. The van der Waals surface area contributed by atoms with Gasteiger partial charge in [-0.2, -0.15) is 0 Å². The number of hydrogen-bond acceptors (Lipinski definition) is 3. The van der Waals surface area contributed by atoms with E-state index >= 15 is 0 Å². The Hall–Kier alpha value is -0.870. The molecule has 90 valence electrons. The molecular weight excluding hydrogens is 220 g/mol. The third kappa shape index (κ3) is 3.06. The van der Waals surface area contributed by atoms with Gasteiger partial charge >= 0.3 is 0 Å². The highest BCUT2D eigenvalue weighted by atomic mass is 32.1. The van der Waals surface area contributed by atoms with Gasteiger partial charge in [-0.1, -0.05) is 6.07 Å². The van der Waals surface area contributed by atoms with Crippen LogP contribution in [0.5, 0.6) is 0 Å². The van der Waals surface area contributed by atoms with Crippen molar-refractivity contribution < 1.29 is 4.79 Å². The van der Waals surface area contributed by atoms with Crippen LogP contribution in [0.25, 0.3) is 0 Å². The van der Waals surface area contributed by atoms with E-state index in [2.05, 4.69) is 0 Å². The molecule has 0 radical (unpaired) electrons. The Morgan fingerprint density at radius 1 is 1.50 bits per heavy atom. The Kier molecular flexibility index (Phi) is 5.49. The van der Waals surface area contributed by atoms with E-state index in [9.17, 15) is 4.79 Å². The maximum atomic E-state index is 12.3. The van der Waals surface area contributed by atoms with E-state index in [1.165, 1.54) is 0 Å². The van der Waals surface area contributed by atoms with E-state index in [4.69, 9.17) is 5.73 Å². The molecule has 0 aromatic carbocycles. The van der Waals surface area contributed by atoms with Crippen LogP contribution >= 0.6 is 11.3 Å². The normalized spacial score (nSPS) is 12.4. The molecule has 0 bridgehead atoms. The third-order valence-electron chi connectivity index (χ3n) is 2.72. The van der Waals surface area contributed by atoms with Crippen molar-refractivity contribution in [1.82, 2.24) is 4.90 Å². The van der Waals surface area contributed by atoms with E-state index in [-0.39, 0.29) is 11.8 Å². The highest BCUT2D eigenvalue weighted by Gasteiger charge is 2.24. The molecule has 0 fully saturated rings. The minimum absolute atomic E-state index is 0.0510. The quantitative estimate of drug-likeness (QED) is 0.827. The monoisotopic (exact) mass is 240 g/mol. The Labute approximate surface area is 101 Å². The molecule has 0 saturated heterocycles. The Morgan fingerprint density at radius 3 is 2.62 bits per heavy atom. The zero-order valence-corrected chi connectivity index (χ0v) is 10.8. The van der Waals surface area contributed by atoms with Gasteiger partial charge in [0.2, 0.25) is 5.91 Å². The van der Waals surface area contributed by atoms with E-state index in [0.717, 1.165) is 24.4 Å².